The van der Waals surface area contributed by atoms with Crippen molar-refractivity contribution in [3.8, 4) is 0 Å². The second-order valence-corrected chi connectivity index (χ2v) is 2.02. The molecule has 1 aromatic heterocycles. The number of carbonyl (C=O) groups is 1. The summed E-state index contributed by atoms with van der Waals surface area (Å²) < 4.78 is 12.4. The number of pyridine rings is 1. The van der Waals surface area contributed by atoms with Crippen molar-refractivity contribution in [1.29, 1.82) is 0 Å². The summed E-state index contributed by atoms with van der Waals surface area (Å²) >= 11 is 5.24. The van der Waals surface area contributed by atoms with Crippen LogP contribution in [0.25, 0.3) is 0 Å². The molecular formula is C6H3ClFNO. The highest BCUT2D eigenvalue weighted by molar-refractivity contribution is 6.29. The summed E-state index contributed by atoms with van der Waals surface area (Å²) in [6.45, 7) is 0. The standard InChI is InChI=1S/C6H3ClFNO/c7-6-5(8)1-4(3-10)2-9-6/h1-3H. The van der Waals surface area contributed by atoms with Crippen molar-refractivity contribution in [2.24, 2.45) is 0 Å². The normalized spacial score (nSPS) is 9.40. The molecule has 0 aliphatic heterocycles. The fourth-order valence-corrected chi connectivity index (χ4v) is 0.604. The lowest BCUT2D eigenvalue weighted by molar-refractivity contribution is 0.112. The molecule has 0 spiro atoms. The highest BCUT2D eigenvalue weighted by Gasteiger charge is 1.99. The highest BCUT2D eigenvalue weighted by Crippen LogP contribution is 2.10. The maximum atomic E-state index is 12.4. The highest BCUT2D eigenvalue weighted by atomic mass is 35.5. The smallest absolute Gasteiger partial charge is 0.164 e. The van der Waals surface area contributed by atoms with Gasteiger partial charge in [-0.3, -0.25) is 4.79 Å². The molecule has 0 fully saturated rings. The number of aromatic nitrogens is 1. The Hall–Kier alpha value is -0.960. The van der Waals surface area contributed by atoms with E-state index in [1.54, 1.807) is 0 Å². The minimum absolute atomic E-state index is 0.182. The molecule has 1 aromatic rings. The molecule has 0 atom stereocenters. The van der Waals surface area contributed by atoms with Crippen molar-refractivity contribution >= 4 is 17.9 Å². The fraction of sp³-hybridized carbons (Fsp3) is 0. The second kappa shape index (κ2) is 2.75. The molecule has 2 nitrogen and oxygen atoms in total. The Bertz CT molecular complexity index is 264. The molecule has 0 aromatic carbocycles. The Morgan fingerprint density at radius 1 is 1.70 bits per heavy atom. The zero-order chi connectivity index (χ0) is 7.56. The van der Waals surface area contributed by atoms with E-state index in [1.807, 2.05) is 0 Å². The van der Waals surface area contributed by atoms with E-state index in [2.05, 4.69) is 4.98 Å². The van der Waals surface area contributed by atoms with Gasteiger partial charge in [-0.05, 0) is 6.07 Å². The Balaban J connectivity index is 3.16. The lowest BCUT2D eigenvalue weighted by atomic mass is 10.3. The van der Waals surface area contributed by atoms with Gasteiger partial charge in [-0.15, -0.1) is 0 Å². The summed E-state index contributed by atoms with van der Waals surface area (Å²) in [5.41, 5.74) is 0.182. The van der Waals surface area contributed by atoms with Crippen molar-refractivity contribution in [1.82, 2.24) is 4.98 Å². The van der Waals surface area contributed by atoms with Gasteiger partial charge < -0.3 is 0 Å². The first kappa shape index (κ1) is 7.15. The quantitative estimate of drug-likeness (QED) is 0.461. The molecule has 0 radical (unpaired) electrons. The van der Waals surface area contributed by atoms with E-state index < -0.39 is 5.82 Å². The van der Waals surface area contributed by atoms with E-state index in [0.717, 1.165) is 6.07 Å². The molecule has 10 heavy (non-hydrogen) atoms. The number of aldehydes is 1. The van der Waals surface area contributed by atoms with Crippen molar-refractivity contribution in [3.05, 3.63) is 28.8 Å². The molecule has 0 amide bonds. The molecule has 0 aliphatic carbocycles. The summed E-state index contributed by atoms with van der Waals surface area (Å²) in [6.07, 6.45) is 1.71. The van der Waals surface area contributed by atoms with Crippen LogP contribution in [0.4, 0.5) is 4.39 Å². The predicted octanol–water partition coefficient (Wildman–Crippen LogP) is 1.69. The molecule has 1 rings (SSSR count). The van der Waals surface area contributed by atoms with Gasteiger partial charge in [0.1, 0.15) is 0 Å². The number of rotatable bonds is 1. The Morgan fingerprint density at radius 3 is 2.90 bits per heavy atom. The first-order valence-corrected chi connectivity index (χ1v) is 2.88. The van der Waals surface area contributed by atoms with Crippen LogP contribution in [-0.2, 0) is 0 Å². The lowest BCUT2D eigenvalue weighted by Crippen LogP contribution is -1.86. The van der Waals surface area contributed by atoms with E-state index in [-0.39, 0.29) is 10.7 Å². The molecule has 0 N–H and O–H groups in total. The van der Waals surface area contributed by atoms with Gasteiger partial charge in [-0.2, -0.15) is 0 Å². The molecule has 1 heterocycles. The van der Waals surface area contributed by atoms with Gasteiger partial charge in [-0.1, -0.05) is 11.6 Å². The predicted molar refractivity (Wildman–Crippen MR) is 34.6 cm³/mol. The molecule has 0 saturated carbocycles. The van der Waals surface area contributed by atoms with Crippen LogP contribution in [0.3, 0.4) is 0 Å². The Labute approximate surface area is 61.6 Å². The van der Waals surface area contributed by atoms with Crippen LogP contribution in [0.5, 0.6) is 0 Å². The Morgan fingerprint density at radius 2 is 2.40 bits per heavy atom. The van der Waals surface area contributed by atoms with Crippen molar-refractivity contribution in [2.75, 3.05) is 0 Å². The number of nitrogens with zero attached hydrogens (tertiary/aromatic N) is 1. The van der Waals surface area contributed by atoms with Crippen LogP contribution in [0, 0.1) is 5.82 Å². The SMILES string of the molecule is O=Cc1cnc(Cl)c(F)c1. The summed E-state index contributed by atoms with van der Waals surface area (Å²) in [5, 5.41) is -0.217. The topological polar surface area (TPSA) is 30.0 Å². The number of hydrogen-bond donors (Lipinski definition) is 0. The van der Waals surface area contributed by atoms with Crippen molar-refractivity contribution < 1.29 is 9.18 Å². The number of halogens is 2. The van der Waals surface area contributed by atoms with Gasteiger partial charge in [-0.25, -0.2) is 9.37 Å². The molecule has 0 saturated heterocycles. The summed E-state index contributed by atoms with van der Waals surface area (Å²) in [7, 11) is 0. The molecule has 0 aliphatic rings. The molecule has 52 valence electrons. The number of carbonyl (C=O) groups excluding carboxylic acids is 1. The van der Waals surface area contributed by atoms with Gasteiger partial charge in [0.25, 0.3) is 0 Å². The number of hydrogen-bond acceptors (Lipinski definition) is 2. The maximum Gasteiger partial charge on any atom is 0.164 e. The third kappa shape index (κ3) is 1.30. The molecular weight excluding hydrogens is 157 g/mol. The average molecular weight is 160 g/mol. The third-order valence-corrected chi connectivity index (χ3v) is 1.23. The fourth-order valence-electron chi connectivity index (χ4n) is 0.500. The Kier molecular flexibility index (Phi) is 1.97. The summed E-state index contributed by atoms with van der Waals surface area (Å²) in [4.78, 5) is 13.4. The molecule has 4 heteroatoms. The summed E-state index contributed by atoms with van der Waals surface area (Å²) in [5.74, 6) is -0.675. The minimum Gasteiger partial charge on any atom is -0.298 e. The van der Waals surface area contributed by atoms with E-state index in [1.165, 1.54) is 6.20 Å². The van der Waals surface area contributed by atoms with E-state index in [4.69, 9.17) is 11.6 Å². The van der Waals surface area contributed by atoms with Crippen LogP contribution in [0.2, 0.25) is 5.15 Å². The monoisotopic (exact) mass is 159 g/mol. The average Bonchev–Trinajstić information content (AvgIpc) is 1.95. The third-order valence-electron chi connectivity index (χ3n) is 0.954. The first-order valence-electron chi connectivity index (χ1n) is 2.50. The van der Waals surface area contributed by atoms with Gasteiger partial charge >= 0.3 is 0 Å². The van der Waals surface area contributed by atoms with E-state index in [9.17, 15) is 9.18 Å². The maximum absolute atomic E-state index is 12.4. The first-order chi connectivity index (χ1) is 4.74. The summed E-state index contributed by atoms with van der Waals surface area (Å²) in [6, 6.07) is 1.03. The molecule has 0 unspecified atom stereocenters. The van der Waals surface area contributed by atoms with Gasteiger partial charge in [0, 0.05) is 11.8 Å². The van der Waals surface area contributed by atoms with Gasteiger partial charge in [0.15, 0.2) is 17.3 Å². The minimum atomic E-state index is -0.675. The van der Waals surface area contributed by atoms with E-state index in [0.29, 0.717) is 6.29 Å². The van der Waals surface area contributed by atoms with Gasteiger partial charge in [0.05, 0.1) is 0 Å². The van der Waals surface area contributed by atoms with Gasteiger partial charge in [0.2, 0.25) is 0 Å². The zero-order valence-corrected chi connectivity index (χ0v) is 5.60. The lowest BCUT2D eigenvalue weighted by Gasteiger charge is -1.91. The largest absolute Gasteiger partial charge is 0.298 e. The van der Waals surface area contributed by atoms with Crippen LogP contribution in [0.15, 0.2) is 12.3 Å². The molecule has 0 bridgehead atoms. The second-order valence-electron chi connectivity index (χ2n) is 1.66. The van der Waals surface area contributed by atoms with Crippen molar-refractivity contribution in [2.45, 2.75) is 0 Å². The van der Waals surface area contributed by atoms with E-state index >= 15 is 0 Å². The zero-order valence-electron chi connectivity index (χ0n) is 4.84. The van der Waals surface area contributed by atoms with Crippen LogP contribution < -0.4 is 0 Å². The van der Waals surface area contributed by atoms with Crippen LogP contribution in [-0.4, -0.2) is 11.3 Å². The van der Waals surface area contributed by atoms with Crippen LogP contribution in [0.1, 0.15) is 10.4 Å². The van der Waals surface area contributed by atoms with Crippen LogP contribution >= 0.6 is 11.6 Å². The van der Waals surface area contributed by atoms with Crippen molar-refractivity contribution in [3.63, 3.8) is 0 Å².